The molecule has 1 saturated heterocycles. The van der Waals surface area contributed by atoms with Gasteiger partial charge in [-0.3, -0.25) is 10.7 Å². The Morgan fingerprint density at radius 2 is 2.00 bits per heavy atom. The van der Waals surface area contributed by atoms with E-state index in [4.69, 9.17) is 22.0 Å². The molecule has 0 aromatic heterocycles. The van der Waals surface area contributed by atoms with Crippen LogP contribution >= 0.6 is 0 Å². The van der Waals surface area contributed by atoms with Crippen molar-refractivity contribution >= 4 is 5.84 Å². The van der Waals surface area contributed by atoms with Crippen molar-refractivity contribution in [1.29, 1.82) is 0 Å². The molecule has 148 valence electrons. The van der Waals surface area contributed by atoms with Crippen molar-refractivity contribution < 1.29 is 13.5 Å². The number of hydrogen-bond donors (Lipinski definition) is 4. The molecule has 2 atom stereocenters. The maximum absolute atomic E-state index is 13.4. The predicted molar refractivity (Wildman–Crippen MR) is 97.7 cm³/mol. The average molecular weight is 381 g/mol. The smallest absolute Gasteiger partial charge is 0.160 e. The van der Waals surface area contributed by atoms with Crippen molar-refractivity contribution in [3.05, 3.63) is 46.9 Å². The second-order valence-electron chi connectivity index (χ2n) is 6.78. The highest BCUT2D eigenvalue weighted by molar-refractivity contribution is 5.82. The summed E-state index contributed by atoms with van der Waals surface area (Å²) in [6.07, 6.45) is -0.760. The van der Waals surface area contributed by atoms with Gasteiger partial charge in [0.25, 0.3) is 0 Å². The third-order valence-electron chi connectivity index (χ3n) is 4.50. The van der Waals surface area contributed by atoms with Gasteiger partial charge in [0, 0.05) is 32.2 Å². The highest BCUT2D eigenvalue weighted by atomic mass is 19.1. The van der Waals surface area contributed by atoms with E-state index in [1.807, 2.05) is 0 Å². The summed E-state index contributed by atoms with van der Waals surface area (Å²) in [5.74, 6) is 5.96. The molecule has 2 aliphatic heterocycles. The molecule has 0 spiro atoms. The summed E-state index contributed by atoms with van der Waals surface area (Å²) in [6, 6.07) is 3.54. The Labute approximate surface area is 156 Å². The first-order valence-corrected chi connectivity index (χ1v) is 8.68. The summed E-state index contributed by atoms with van der Waals surface area (Å²) < 4.78 is 32.6. The molecule has 1 fully saturated rings. The van der Waals surface area contributed by atoms with Crippen LogP contribution in [0.2, 0.25) is 0 Å². The molecule has 0 radical (unpaired) electrons. The molecule has 27 heavy (non-hydrogen) atoms. The molecular weight excluding hydrogens is 356 g/mol. The van der Waals surface area contributed by atoms with Gasteiger partial charge in [0.1, 0.15) is 23.3 Å². The summed E-state index contributed by atoms with van der Waals surface area (Å²) in [5.41, 5.74) is 12.8. The zero-order chi connectivity index (χ0) is 19.6. The van der Waals surface area contributed by atoms with Crippen LogP contribution in [0.15, 0.2) is 34.7 Å². The van der Waals surface area contributed by atoms with Gasteiger partial charge in [-0.1, -0.05) is 0 Å². The SMILES string of the molecule is CC1=NC(N(N)CC2CN(Cc3cc(F)cc(F)c3)CCO2)C(N)=C(N)N1. The fourth-order valence-corrected chi connectivity index (χ4v) is 3.27. The van der Waals surface area contributed by atoms with Gasteiger partial charge >= 0.3 is 0 Å². The normalized spacial score (nSPS) is 24.1. The Hall–Kier alpha value is -2.27. The minimum atomic E-state index is -0.582. The van der Waals surface area contributed by atoms with Crippen molar-refractivity contribution in [2.24, 2.45) is 22.3 Å². The Bertz CT molecular complexity index is 735. The topological polar surface area (TPSA) is 118 Å². The van der Waals surface area contributed by atoms with Crippen molar-refractivity contribution in [2.75, 3.05) is 26.2 Å². The second-order valence-corrected chi connectivity index (χ2v) is 6.78. The molecule has 1 aromatic carbocycles. The number of hydrogen-bond acceptors (Lipinski definition) is 8. The van der Waals surface area contributed by atoms with E-state index in [0.29, 0.717) is 55.7 Å². The van der Waals surface area contributed by atoms with Gasteiger partial charge in [0.05, 0.1) is 18.4 Å². The molecular formula is C17H25F2N7O. The molecule has 2 unspecified atom stereocenters. The van der Waals surface area contributed by atoms with E-state index in [1.165, 1.54) is 17.1 Å². The van der Waals surface area contributed by atoms with Crippen LogP contribution in [0.25, 0.3) is 0 Å². The van der Waals surface area contributed by atoms with Gasteiger partial charge < -0.3 is 21.5 Å². The van der Waals surface area contributed by atoms with Crippen molar-refractivity contribution in [3.63, 3.8) is 0 Å². The van der Waals surface area contributed by atoms with E-state index in [0.717, 1.165) is 6.07 Å². The van der Waals surface area contributed by atoms with Gasteiger partial charge in [0.15, 0.2) is 6.17 Å². The van der Waals surface area contributed by atoms with Crippen LogP contribution in [0.3, 0.4) is 0 Å². The standard InChI is InChI=1S/C17H25F2N7O/c1-10-23-16(21)15(20)17(24-10)26(22)9-14-8-25(2-3-27-14)7-11-4-12(18)6-13(19)5-11/h4-6,14,17H,2-3,7-9,20-22H2,1H3,(H,23,24). The number of nitrogens with zero attached hydrogens (tertiary/aromatic N) is 3. The Morgan fingerprint density at radius 3 is 2.70 bits per heavy atom. The number of amidine groups is 1. The summed E-state index contributed by atoms with van der Waals surface area (Å²) in [4.78, 5) is 6.45. The largest absolute Gasteiger partial charge is 0.396 e. The van der Waals surface area contributed by atoms with E-state index >= 15 is 0 Å². The first-order valence-electron chi connectivity index (χ1n) is 8.68. The highest BCUT2D eigenvalue weighted by Crippen LogP contribution is 2.16. The number of halogens is 2. The maximum Gasteiger partial charge on any atom is 0.160 e. The van der Waals surface area contributed by atoms with E-state index in [1.54, 1.807) is 6.92 Å². The number of hydrazine groups is 1. The van der Waals surface area contributed by atoms with Crippen LogP contribution in [0.5, 0.6) is 0 Å². The molecule has 2 aliphatic rings. The van der Waals surface area contributed by atoms with Crippen molar-refractivity contribution in [2.45, 2.75) is 25.7 Å². The van der Waals surface area contributed by atoms with Gasteiger partial charge in [-0.2, -0.15) is 0 Å². The average Bonchev–Trinajstić information content (AvgIpc) is 2.57. The highest BCUT2D eigenvalue weighted by Gasteiger charge is 2.28. The number of morpholine rings is 1. The number of aliphatic imine (C=N–C) groups is 1. The molecule has 2 heterocycles. The Balaban J connectivity index is 1.60. The van der Waals surface area contributed by atoms with Gasteiger partial charge in [-0.25, -0.2) is 18.8 Å². The fourth-order valence-electron chi connectivity index (χ4n) is 3.27. The van der Waals surface area contributed by atoms with E-state index in [2.05, 4.69) is 15.2 Å². The van der Waals surface area contributed by atoms with E-state index < -0.39 is 17.8 Å². The van der Waals surface area contributed by atoms with Gasteiger partial charge in [-0.15, -0.1) is 0 Å². The first-order chi connectivity index (χ1) is 12.8. The zero-order valence-electron chi connectivity index (χ0n) is 15.2. The lowest BCUT2D eigenvalue weighted by Gasteiger charge is -2.36. The summed E-state index contributed by atoms with van der Waals surface area (Å²) >= 11 is 0. The number of rotatable bonds is 5. The molecule has 0 amide bonds. The molecule has 0 saturated carbocycles. The number of nitrogens with one attached hydrogen (secondary N) is 1. The van der Waals surface area contributed by atoms with Crippen LogP contribution in [0, 0.1) is 11.6 Å². The first kappa shape index (κ1) is 19.5. The quantitative estimate of drug-likeness (QED) is 0.411. The third-order valence-corrected chi connectivity index (χ3v) is 4.50. The van der Waals surface area contributed by atoms with Gasteiger partial charge in [-0.05, 0) is 24.6 Å². The number of benzene rings is 1. The maximum atomic E-state index is 13.4. The minimum absolute atomic E-state index is 0.193. The third kappa shape index (κ3) is 4.92. The summed E-state index contributed by atoms with van der Waals surface area (Å²) in [6.45, 7) is 4.31. The van der Waals surface area contributed by atoms with Gasteiger partial charge in [0.2, 0.25) is 0 Å². The van der Waals surface area contributed by atoms with Crippen LogP contribution < -0.4 is 22.6 Å². The molecule has 7 N–H and O–H groups in total. The summed E-state index contributed by atoms with van der Waals surface area (Å²) in [5, 5.41) is 4.35. The van der Waals surface area contributed by atoms with Crippen LogP contribution in [-0.2, 0) is 11.3 Å². The van der Waals surface area contributed by atoms with Crippen molar-refractivity contribution in [1.82, 2.24) is 15.2 Å². The molecule has 1 aromatic rings. The van der Waals surface area contributed by atoms with Crippen molar-refractivity contribution in [3.8, 4) is 0 Å². The lowest BCUT2D eigenvalue weighted by atomic mass is 10.1. The fraction of sp³-hybridized carbons (Fsp3) is 0.471. The minimum Gasteiger partial charge on any atom is -0.396 e. The zero-order valence-corrected chi connectivity index (χ0v) is 15.2. The van der Waals surface area contributed by atoms with E-state index in [9.17, 15) is 8.78 Å². The Morgan fingerprint density at radius 1 is 1.30 bits per heavy atom. The molecule has 8 nitrogen and oxygen atoms in total. The molecule has 10 heteroatoms. The number of ether oxygens (including phenoxy) is 1. The lowest BCUT2D eigenvalue weighted by Crippen LogP contribution is -2.54. The Kier molecular flexibility index (Phi) is 5.90. The van der Waals surface area contributed by atoms with Crippen LogP contribution in [0.4, 0.5) is 8.78 Å². The second kappa shape index (κ2) is 8.17. The lowest BCUT2D eigenvalue weighted by molar-refractivity contribution is -0.0495. The summed E-state index contributed by atoms with van der Waals surface area (Å²) in [7, 11) is 0. The van der Waals surface area contributed by atoms with E-state index in [-0.39, 0.29) is 6.10 Å². The van der Waals surface area contributed by atoms with Crippen LogP contribution in [0.1, 0.15) is 12.5 Å². The molecule has 0 aliphatic carbocycles. The monoisotopic (exact) mass is 381 g/mol. The van der Waals surface area contributed by atoms with Crippen LogP contribution in [-0.4, -0.2) is 54.3 Å². The molecule has 3 rings (SSSR count). The number of nitrogens with two attached hydrogens (primary N) is 3. The molecule has 0 bridgehead atoms. The predicted octanol–water partition coefficient (Wildman–Crippen LogP) is -0.224.